The van der Waals surface area contributed by atoms with Gasteiger partial charge in [0, 0.05) is 5.56 Å². The van der Waals surface area contributed by atoms with Gasteiger partial charge in [-0.1, -0.05) is 48.5 Å². The smallest absolute Gasteiger partial charge is 0.161 e. The average Bonchev–Trinajstić information content (AvgIpc) is 2.67. The SMILES string of the molecule is COc1ccc(CN/N=C(/C)c2cccc3ccccc23)cc1OC. The lowest BCUT2D eigenvalue weighted by atomic mass is 10.0. The van der Waals surface area contributed by atoms with Gasteiger partial charge in [0.2, 0.25) is 0 Å². The van der Waals surface area contributed by atoms with E-state index < -0.39 is 0 Å². The molecule has 3 aromatic rings. The highest BCUT2D eigenvalue weighted by atomic mass is 16.5. The number of hydrogen-bond donors (Lipinski definition) is 1. The lowest BCUT2D eigenvalue weighted by Gasteiger charge is -2.10. The number of ether oxygens (including phenoxy) is 2. The highest BCUT2D eigenvalue weighted by molar-refractivity contribution is 6.09. The van der Waals surface area contributed by atoms with Crippen molar-refractivity contribution in [2.75, 3.05) is 14.2 Å². The van der Waals surface area contributed by atoms with Crippen LogP contribution in [0.1, 0.15) is 18.1 Å². The second-order valence-electron chi connectivity index (χ2n) is 5.75. The normalized spacial score (nSPS) is 11.4. The van der Waals surface area contributed by atoms with E-state index >= 15 is 0 Å². The van der Waals surface area contributed by atoms with Crippen molar-refractivity contribution < 1.29 is 9.47 Å². The summed E-state index contributed by atoms with van der Waals surface area (Å²) in [6, 6.07) is 20.5. The molecular formula is C21H22N2O2. The molecule has 0 spiro atoms. The Morgan fingerprint density at radius 3 is 2.48 bits per heavy atom. The summed E-state index contributed by atoms with van der Waals surface area (Å²) in [6.07, 6.45) is 0. The molecule has 0 saturated heterocycles. The third-order valence-corrected chi connectivity index (χ3v) is 4.16. The fraction of sp³-hybridized carbons (Fsp3) is 0.190. The Morgan fingerprint density at radius 1 is 0.920 bits per heavy atom. The molecule has 0 fully saturated rings. The summed E-state index contributed by atoms with van der Waals surface area (Å²) in [5.74, 6) is 1.44. The van der Waals surface area contributed by atoms with Crippen LogP contribution in [0.2, 0.25) is 0 Å². The molecule has 3 rings (SSSR count). The molecule has 0 unspecified atom stereocenters. The molecule has 0 amide bonds. The standard InChI is InChI=1S/C21H22N2O2/c1-15(18-10-6-8-17-7-4-5-9-19(17)18)23-22-14-16-11-12-20(24-2)21(13-16)25-3/h4-13,22H,14H2,1-3H3/b23-15-. The van der Waals surface area contributed by atoms with Crippen LogP contribution in [0.4, 0.5) is 0 Å². The van der Waals surface area contributed by atoms with Gasteiger partial charge in [-0.25, -0.2) is 0 Å². The Labute approximate surface area is 148 Å². The van der Waals surface area contributed by atoms with E-state index in [9.17, 15) is 0 Å². The molecule has 4 heteroatoms. The number of hydrazone groups is 1. The van der Waals surface area contributed by atoms with Crippen molar-refractivity contribution >= 4 is 16.5 Å². The number of benzene rings is 3. The first-order valence-electron chi connectivity index (χ1n) is 8.19. The summed E-state index contributed by atoms with van der Waals surface area (Å²) in [7, 11) is 3.27. The molecule has 0 aliphatic rings. The maximum atomic E-state index is 5.33. The molecule has 0 saturated carbocycles. The molecule has 0 aliphatic carbocycles. The van der Waals surface area contributed by atoms with Crippen LogP contribution in [0.25, 0.3) is 10.8 Å². The highest BCUT2D eigenvalue weighted by Crippen LogP contribution is 2.27. The molecule has 0 heterocycles. The lowest BCUT2D eigenvalue weighted by molar-refractivity contribution is 0.354. The minimum absolute atomic E-state index is 0.614. The van der Waals surface area contributed by atoms with Gasteiger partial charge < -0.3 is 14.9 Å². The largest absolute Gasteiger partial charge is 0.493 e. The first-order chi connectivity index (χ1) is 12.2. The van der Waals surface area contributed by atoms with Crippen molar-refractivity contribution in [2.24, 2.45) is 5.10 Å². The van der Waals surface area contributed by atoms with Crippen LogP contribution >= 0.6 is 0 Å². The Morgan fingerprint density at radius 2 is 1.68 bits per heavy atom. The van der Waals surface area contributed by atoms with Crippen LogP contribution in [0.5, 0.6) is 11.5 Å². The lowest BCUT2D eigenvalue weighted by Crippen LogP contribution is -2.09. The summed E-state index contributed by atoms with van der Waals surface area (Å²) < 4.78 is 10.6. The third-order valence-electron chi connectivity index (χ3n) is 4.16. The van der Waals surface area contributed by atoms with Crippen LogP contribution in [-0.2, 0) is 6.54 Å². The Kier molecular flexibility index (Phi) is 5.19. The van der Waals surface area contributed by atoms with Gasteiger partial charge in [-0.05, 0) is 35.4 Å². The predicted octanol–water partition coefficient (Wildman–Crippen LogP) is 4.37. The summed E-state index contributed by atoms with van der Waals surface area (Å²) in [5.41, 5.74) is 6.31. The van der Waals surface area contributed by atoms with Crippen LogP contribution in [0.15, 0.2) is 65.8 Å². The second kappa shape index (κ2) is 7.71. The molecule has 3 aromatic carbocycles. The number of rotatable bonds is 6. The van der Waals surface area contributed by atoms with Crippen LogP contribution < -0.4 is 14.9 Å². The Balaban J connectivity index is 1.75. The quantitative estimate of drug-likeness (QED) is 0.538. The van der Waals surface area contributed by atoms with Gasteiger partial charge in [-0.3, -0.25) is 0 Å². The van der Waals surface area contributed by atoms with Gasteiger partial charge in [0.15, 0.2) is 11.5 Å². The van der Waals surface area contributed by atoms with E-state index in [2.05, 4.69) is 46.9 Å². The molecule has 0 aliphatic heterocycles. The van der Waals surface area contributed by atoms with E-state index in [1.165, 1.54) is 10.8 Å². The van der Waals surface area contributed by atoms with E-state index in [-0.39, 0.29) is 0 Å². The summed E-state index contributed by atoms with van der Waals surface area (Å²) in [6.45, 7) is 2.63. The number of hydrogen-bond acceptors (Lipinski definition) is 4. The fourth-order valence-corrected chi connectivity index (χ4v) is 2.84. The van der Waals surface area contributed by atoms with Gasteiger partial charge in [0.25, 0.3) is 0 Å². The molecule has 0 bridgehead atoms. The average molecular weight is 334 g/mol. The maximum absolute atomic E-state index is 5.33. The van der Waals surface area contributed by atoms with Crippen molar-refractivity contribution in [3.05, 3.63) is 71.8 Å². The van der Waals surface area contributed by atoms with Crippen molar-refractivity contribution in [1.29, 1.82) is 0 Å². The topological polar surface area (TPSA) is 42.8 Å². The van der Waals surface area contributed by atoms with Crippen molar-refractivity contribution in [3.63, 3.8) is 0 Å². The molecule has 25 heavy (non-hydrogen) atoms. The Hall–Kier alpha value is -3.01. The van der Waals surface area contributed by atoms with Gasteiger partial charge in [0.1, 0.15) is 0 Å². The minimum Gasteiger partial charge on any atom is -0.493 e. The van der Waals surface area contributed by atoms with Gasteiger partial charge >= 0.3 is 0 Å². The number of methoxy groups -OCH3 is 2. The van der Waals surface area contributed by atoms with Gasteiger partial charge in [-0.15, -0.1) is 0 Å². The first-order valence-corrected chi connectivity index (χ1v) is 8.19. The van der Waals surface area contributed by atoms with Gasteiger partial charge in [-0.2, -0.15) is 5.10 Å². The van der Waals surface area contributed by atoms with Crippen LogP contribution in [0, 0.1) is 0 Å². The predicted molar refractivity (Wildman–Crippen MR) is 103 cm³/mol. The molecule has 128 valence electrons. The zero-order chi connectivity index (χ0) is 17.6. The third kappa shape index (κ3) is 3.74. The highest BCUT2D eigenvalue weighted by Gasteiger charge is 2.05. The second-order valence-corrected chi connectivity index (χ2v) is 5.75. The number of nitrogens with one attached hydrogen (secondary N) is 1. The number of fused-ring (bicyclic) bond motifs is 1. The minimum atomic E-state index is 0.614. The zero-order valence-electron chi connectivity index (χ0n) is 14.7. The molecule has 0 atom stereocenters. The first kappa shape index (κ1) is 16.8. The van der Waals surface area contributed by atoms with E-state index in [0.29, 0.717) is 6.54 Å². The molecular weight excluding hydrogens is 312 g/mol. The monoisotopic (exact) mass is 334 g/mol. The molecule has 1 N–H and O–H groups in total. The summed E-state index contributed by atoms with van der Waals surface area (Å²) in [4.78, 5) is 0. The zero-order valence-corrected chi connectivity index (χ0v) is 14.7. The number of nitrogens with zero attached hydrogens (tertiary/aromatic N) is 1. The van der Waals surface area contributed by atoms with Crippen molar-refractivity contribution in [3.8, 4) is 11.5 Å². The van der Waals surface area contributed by atoms with E-state index in [1.807, 2.05) is 31.2 Å². The molecule has 4 nitrogen and oxygen atoms in total. The Bertz CT molecular complexity index is 898. The summed E-state index contributed by atoms with van der Waals surface area (Å²) in [5, 5.41) is 6.96. The van der Waals surface area contributed by atoms with Crippen molar-refractivity contribution in [1.82, 2.24) is 5.43 Å². The van der Waals surface area contributed by atoms with Gasteiger partial charge in [0.05, 0.1) is 26.5 Å². The maximum Gasteiger partial charge on any atom is 0.161 e. The van der Waals surface area contributed by atoms with Crippen molar-refractivity contribution in [2.45, 2.75) is 13.5 Å². The van der Waals surface area contributed by atoms with E-state index in [0.717, 1.165) is 28.3 Å². The molecule has 0 aromatic heterocycles. The van der Waals surface area contributed by atoms with E-state index in [1.54, 1.807) is 14.2 Å². The van der Waals surface area contributed by atoms with E-state index in [4.69, 9.17) is 9.47 Å². The summed E-state index contributed by atoms with van der Waals surface area (Å²) >= 11 is 0. The van der Waals surface area contributed by atoms with Crippen LogP contribution in [-0.4, -0.2) is 19.9 Å². The van der Waals surface area contributed by atoms with Crippen LogP contribution in [0.3, 0.4) is 0 Å². The fourth-order valence-electron chi connectivity index (χ4n) is 2.84. The molecule has 0 radical (unpaired) electrons.